The maximum Gasteiger partial charge on any atom is 0.243 e. The van der Waals surface area contributed by atoms with Crippen LogP contribution in [-0.2, 0) is 26.0 Å². The van der Waals surface area contributed by atoms with Gasteiger partial charge in [0.1, 0.15) is 11.6 Å². The Labute approximate surface area is 207 Å². The van der Waals surface area contributed by atoms with Crippen LogP contribution >= 0.6 is 11.3 Å². The standard InChI is InChI=1S/C25H26F2N2O4S2/c1-33-15-2-13-28(35(31,32)21-9-7-20(27)8-10-21)17-24(30)29-14-11-23-22(12-16-34-23)25(29)18-3-5-19(26)6-4-18/h3-10,12,16,25H,2,11,13-15,17H2,1H3. The first-order valence-corrected chi connectivity index (χ1v) is 13.5. The van der Waals surface area contributed by atoms with Crippen LogP contribution in [0.5, 0.6) is 0 Å². The highest BCUT2D eigenvalue weighted by Crippen LogP contribution is 2.38. The minimum absolute atomic E-state index is 0.0675. The number of nitrogens with zero attached hydrogens (tertiary/aromatic N) is 2. The lowest BCUT2D eigenvalue weighted by atomic mass is 9.93. The Morgan fingerprint density at radius 1 is 1.09 bits per heavy atom. The van der Waals surface area contributed by atoms with E-state index in [1.807, 2.05) is 11.4 Å². The number of sulfonamides is 1. The van der Waals surface area contributed by atoms with Crippen LogP contribution in [0.2, 0.25) is 0 Å². The van der Waals surface area contributed by atoms with Crippen LogP contribution in [0.15, 0.2) is 64.9 Å². The molecule has 0 N–H and O–H groups in total. The molecule has 0 bridgehead atoms. The van der Waals surface area contributed by atoms with E-state index in [1.165, 1.54) is 31.4 Å². The Morgan fingerprint density at radius 3 is 2.40 bits per heavy atom. The van der Waals surface area contributed by atoms with Gasteiger partial charge in [-0.2, -0.15) is 4.31 Å². The molecule has 0 spiro atoms. The van der Waals surface area contributed by atoms with Crippen molar-refractivity contribution in [3.8, 4) is 0 Å². The molecular formula is C25H26F2N2O4S2. The molecule has 4 rings (SSSR count). The summed E-state index contributed by atoms with van der Waals surface area (Å²) in [6.07, 6.45) is 1.05. The zero-order chi connectivity index (χ0) is 25.0. The molecule has 0 fully saturated rings. The third kappa shape index (κ3) is 5.61. The number of hydrogen-bond donors (Lipinski definition) is 0. The fourth-order valence-corrected chi connectivity index (χ4v) is 6.59. The van der Waals surface area contributed by atoms with Crippen LogP contribution in [0.1, 0.15) is 28.5 Å². The third-order valence-electron chi connectivity index (χ3n) is 5.99. The van der Waals surface area contributed by atoms with Crippen LogP contribution < -0.4 is 0 Å². The predicted octanol–water partition coefficient (Wildman–Crippen LogP) is 4.23. The van der Waals surface area contributed by atoms with E-state index >= 15 is 0 Å². The van der Waals surface area contributed by atoms with Gasteiger partial charge in [0.05, 0.1) is 17.5 Å². The van der Waals surface area contributed by atoms with Crippen LogP contribution in [0.3, 0.4) is 0 Å². The van der Waals surface area contributed by atoms with Crippen LogP contribution in [0, 0.1) is 11.6 Å². The molecule has 1 aromatic heterocycles. The van der Waals surface area contributed by atoms with Gasteiger partial charge in [0.25, 0.3) is 0 Å². The summed E-state index contributed by atoms with van der Waals surface area (Å²) in [5.41, 5.74) is 1.72. The van der Waals surface area contributed by atoms with E-state index in [-0.39, 0.29) is 29.7 Å². The third-order valence-corrected chi connectivity index (χ3v) is 8.85. The number of halogens is 2. The zero-order valence-corrected chi connectivity index (χ0v) is 20.8. The number of hydrogen-bond acceptors (Lipinski definition) is 5. The highest BCUT2D eigenvalue weighted by molar-refractivity contribution is 7.89. The second kappa shape index (κ2) is 10.9. The fraction of sp³-hybridized carbons (Fsp3) is 0.320. The number of benzene rings is 2. The maximum absolute atomic E-state index is 13.6. The summed E-state index contributed by atoms with van der Waals surface area (Å²) in [5, 5.41) is 1.96. The molecule has 1 amide bonds. The van der Waals surface area contributed by atoms with E-state index in [2.05, 4.69) is 0 Å². The van der Waals surface area contributed by atoms with Gasteiger partial charge in [0, 0.05) is 31.7 Å². The monoisotopic (exact) mass is 520 g/mol. The first-order valence-electron chi connectivity index (χ1n) is 11.2. The summed E-state index contributed by atoms with van der Waals surface area (Å²) in [6.45, 7) is 0.430. The van der Waals surface area contributed by atoms with Crippen molar-refractivity contribution in [1.29, 1.82) is 0 Å². The first kappa shape index (κ1) is 25.4. The van der Waals surface area contributed by atoms with Gasteiger partial charge in [-0.05, 0) is 71.8 Å². The summed E-state index contributed by atoms with van der Waals surface area (Å²) in [5.74, 6) is -1.28. The molecule has 2 aromatic carbocycles. The van der Waals surface area contributed by atoms with E-state index < -0.39 is 21.9 Å². The lowest BCUT2D eigenvalue weighted by Gasteiger charge is -2.37. The molecule has 2 heterocycles. The number of ether oxygens (including phenoxy) is 1. The van der Waals surface area contributed by atoms with Crippen molar-refractivity contribution in [2.75, 3.05) is 33.4 Å². The smallest absolute Gasteiger partial charge is 0.243 e. The summed E-state index contributed by atoms with van der Waals surface area (Å²) in [4.78, 5) is 16.3. The van der Waals surface area contributed by atoms with Crippen molar-refractivity contribution in [2.24, 2.45) is 0 Å². The van der Waals surface area contributed by atoms with Gasteiger partial charge in [0.2, 0.25) is 15.9 Å². The molecule has 3 aromatic rings. The number of fused-ring (bicyclic) bond motifs is 1. The molecule has 0 saturated carbocycles. The Balaban J connectivity index is 1.64. The van der Waals surface area contributed by atoms with Crippen LogP contribution in [0.4, 0.5) is 8.78 Å². The number of thiophene rings is 1. The summed E-state index contributed by atoms with van der Waals surface area (Å²) in [6, 6.07) is 12.1. The van der Waals surface area contributed by atoms with E-state index in [1.54, 1.807) is 28.4 Å². The van der Waals surface area contributed by atoms with Crippen molar-refractivity contribution < 1.29 is 26.7 Å². The van der Waals surface area contributed by atoms with Crippen molar-refractivity contribution in [2.45, 2.75) is 23.8 Å². The average molecular weight is 521 g/mol. The van der Waals surface area contributed by atoms with Gasteiger partial charge < -0.3 is 9.64 Å². The maximum atomic E-state index is 13.6. The molecule has 35 heavy (non-hydrogen) atoms. The van der Waals surface area contributed by atoms with Crippen molar-refractivity contribution in [3.05, 3.63) is 87.6 Å². The Morgan fingerprint density at radius 2 is 1.74 bits per heavy atom. The number of rotatable bonds is 9. The molecule has 10 heteroatoms. The zero-order valence-electron chi connectivity index (χ0n) is 19.2. The predicted molar refractivity (Wildman–Crippen MR) is 130 cm³/mol. The van der Waals surface area contributed by atoms with Gasteiger partial charge in [-0.1, -0.05) is 12.1 Å². The summed E-state index contributed by atoms with van der Waals surface area (Å²) >= 11 is 1.61. The van der Waals surface area contributed by atoms with E-state index in [0.717, 1.165) is 32.4 Å². The number of carbonyl (C=O) groups excluding carboxylic acids is 1. The highest BCUT2D eigenvalue weighted by Gasteiger charge is 2.35. The molecule has 0 radical (unpaired) electrons. The first-order chi connectivity index (χ1) is 16.8. The number of carbonyl (C=O) groups is 1. The van der Waals surface area contributed by atoms with Crippen molar-refractivity contribution >= 4 is 27.3 Å². The Hall–Kier alpha value is -2.66. The largest absolute Gasteiger partial charge is 0.385 e. The van der Waals surface area contributed by atoms with E-state index in [0.29, 0.717) is 26.0 Å². The normalized spacial score (nSPS) is 15.9. The highest BCUT2D eigenvalue weighted by atomic mass is 32.2. The average Bonchev–Trinajstić information content (AvgIpc) is 3.33. The second-order valence-corrected chi connectivity index (χ2v) is 11.2. The lowest BCUT2D eigenvalue weighted by molar-refractivity contribution is -0.133. The number of amides is 1. The number of methoxy groups -OCH3 is 1. The topological polar surface area (TPSA) is 66.9 Å². The van der Waals surface area contributed by atoms with Gasteiger partial charge >= 0.3 is 0 Å². The minimum atomic E-state index is -4.05. The Bertz CT molecular complexity index is 1260. The Kier molecular flexibility index (Phi) is 7.95. The second-order valence-electron chi connectivity index (χ2n) is 8.23. The SMILES string of the molecule is COCCCN(CC(=O)N1CCc2sccc2C1c1ccc(F)cc1)S(=O)(=O)c1ccc(F)cc1. The molecule has 0 aliphatic carbocycles. The molecule has 0 saturated heterocycles. The molecule has 1 unspecified atom stereocenters. The molecular weight excluding hydrogens is 494 g/mol. The fourth-order valence-electron chi connectivity index (χ4n) is 4.26. The summed E-state index contributed by atoms with van der Waals surface area (Å²) < 4.78 is 59.9. The molecule has 6 nitrogen and oxygen atoms in total. The van der Waals surface area contributed by atoms with Gasteiger partial charge in [-0.25, -0.2) is 17.2 Å². The minimum Gasteiger partial charge on any atom is -0.385 e. The summed E-state index contributed by atoms with van der Waals surface area (Å²) in [7, 11) is -2.54. The van der Waals surface area contributed by atoms with Gasteiger partial charge in [-0.3, -0.25) is 4.79 Å². The quantitative estimate of drug-likeness (QED) is 0.396. The van der Waals surface area contributed by atoms with Crippen LogP contribution in [-0.4, -0.2) is 56.9 Å². The van der Waals surface area contributed by atoms with Gasteiger partial charge in [0.15, 0.2) is 0 Å². The lowest BCUT2D eigenvalue weighted by Crippen LogP contribution is -2.47. The van der Waals surface area contributed by atoms with E-state index in [4.69, 9.17) is 4.74 Å². The van der Waals surface area contributed by atoms with Crippen LogP contribution in [0.25, 0.3) is 0 Å². The molecule has 1 atom stereocenters. The molecule has 186 valence electrons. The van der Waals surface area contributed by atoms with E-state index in [9.17, 15) is 22.0 Å². The molecule has 1 aliphatic rings. The van der Waals surface area contributed by atoms with Crippen molar-refractivity contribution in [1.82, 2.24) is 9.21 Å². The van der Waals surface area contributed by atoms with Crippen molar-refractivity contribution in [3.63, 3.8) is 0 Å². The van der Waals surface area contributed by atoms with Gasteiger partial charge in [-0.15, -0.1) is 11.3 Å². The molecule has 1 aliphatic heterocycles.